The van der Waals surface area contributed by atoms with Gasteiger partial charge in [-0.1, -0.05) is 29.8 Å². The summed E-state index contributed by atoms with van der Waals surface area (Å²) in [5.41, 5.74) is -0.429. The largest absolute Gasteiger partial charge is 0.418 e. The fourth-order valence-electron chi connectivity index (χ4n) is 2.98. The fourth-order valence-corrected chi connectivity index (χ4v) is 2.98. The van der Waals surface area contributed by atoms with Gasteiger partial charge in [0.15, 0.2) is 0 Å². The van der Waals surface area contributed by atoms with Crippen LogP contribution in [0.5, 0.6) is 0 Å². The number of hydrogen-bond acceptors (Lipinski definition) is 2. The lowest BCUT2D eigenvalue weighted by molar-refractivity contribution is -0.136. The van der Waals surface area contributed by atoms with Gasteiger partial charge in [0.05, 0.1) is 16.8 Å². The van der Waals surface area contributed by atoms with Gasteiger partial charge >= 0.3 is 6.18 Å². The van der Waals surface area contributed by atoms with E-state index in [9.17, 15) is 27.2 Å². The Morgan fingerprint density at radius 1 is 0.806 bits per heavy atom. The molecule has 0 fully saturated rings. The molecule has 0 aliphatic heterocycles. The Kier molecular flexibility index (Phi) is 6.10. The molecular formula is C23H18F4N2O2. The van der Waals surface area contributed by atoms with E-state index in [-0.39, 0.29) is 16.8 Å². The van der Waals surface area contributed by atoms with Crippen LogP contribution in [0.4, 0.5) is 28.9 Å². The molecular weight excluding hydrogens is 412 g/mol. The monoisotopic (exact) mass is 430 g/mol. The molecule has 4 nitrogen and oxygen atoms in total. The van der Waals surface area contributed by atoms with Gasteiger partial charge in [-0.15, -0.1) is 0 Å². The van der Waals surface area contributed by atoms with E-state index in [0.717, 1.165) is 17.7 Å². The van der Waals surface area contributed by atoms with Gasteiger partial charge in [-0.05, 0) is 55.8 Å². The first kappa shape index (κ1) is 22.0. The number of benzene rings is 3. The van der Waals surface area contributed by atoms with E-state index in [2.05, 4.69) is 10.6 Å². The Bertz CT molecular complexity index is 1160. The number of hydrogen-bond donors (Lipinski definition) is 2. The van der Waals surface area contributed by atoms with Crippen molar-refractivity contribution in [2.24, 2.45) is 0 Å². The normalized spacial score (nSPS) is 11.2. The van der Waals surface area contributed by atoms with E-state index in [0.29, 0.717) is 11.6 Å². The predicted octanol–water partition coefficient (Wildman–Crippen LogP) is 5.97. The average Bonchev–Trinajstić information content (AvgIpc) is 2.70. The maximum absolute atomic E-state index is 13.8. The van der Waals surface area contributed by atoms with Crippen molar-refractivity contribution in [3.8, 4) is 0 Å². The molecule has 3 aromatic rings. The van der Waals surface area contributed by atoms with Gasteiger partial charge < -0.3 is 10.6 Å². The Labute approximate surface area is 175 Å². The van der Waals surface area contributed by atoms with Crippen molar-refractivity contribution in [2.75, 3.05) is 10.6 Å². The molecule has 0 radical (unpaired) electrons. The van der Waals surface area contributed by atoms with Crippen molar-refractivity contribution in [3.05, 3.63) is 94.3 Å². The second-order valence-corrected chi connectivity index (χ2v) is 6.96. The minimum absolute atomic E-state index is 0.190. The molecule has 0 heterocycles. The average molecular weight is 430 g/mol. The Balaban J connectivity index is 1.90. The van der Waals surface area contributed by atoms with Crippen molar-refractivity contribution < 1.29 is 27.2 Å². The van der Waals surface area contributed by atoms with Crippen molar-refractivity contribution in [3.63, 3.8) is 0 Å². The van der Waals surface area contributed by atoms with E-state index < -0.39 is 35.1 Å². The van der Waals surface area contributed by atoms with Crippen LogP contribution in [0.2, 0.25) is 0 Å². The summed E-state index contributed by atoms with van der Waals surface area (Å²) < 4.78 is 54.6. The lowest BCUT2D eigenvalue weighted by Gasteiger charge is -2.16. The summed E-state index contributed by atoms with van der Waals surface area (Å²) in [6, 6.07) is 13.1. The third kappa shape index (κ3) is 5.09. The van der Waals surface area contributed by atoms with Gasteiger partial charge in [0, 0.05) is 11.3 Å². The number of anilines is 2. The third-order valence-electron chi connectivity index (χ3n) is 4.59. The molecule has 2 amide bonds. The van der Waals surface area contributed by atoms with Gasteiger partial charge in [-0.3, -0.25) is 9.59 Å². The van der Waals surface area contributed by atoms with E-state index in [4.69, 9.17) is 0 Å². The summed E-state index contributed by atoms with van der Waals surface area (Å²) >= 11 is 0. The number of carbonyl (C=O) groups is 2. The highest BCUT2D eigenvalue weighted by Crippen LogP contribution is 2.37. The molecule has 2 N–H and O–H groups in total. The first-order chi connectivity index (χ1) is 14.6. The summed E-state index contributed by atoms with van der Waals surface area (Å²) in [6.45, 7) is 3.45. The second kappa shape index (κ2) is 8.59. The van der Waals surface area contributed by atoms with Crippen LogP contribution < -0.4 is 10.6 Å². The SMILES string of the molecule is Cc1ccc(C)c(C(=O)Nc2ccc(NC(=O)c3ccccc3F)cc2C(F)(F)F)c1. The first-order valence-corrected chi connectivity index (χ1v) is 9.22. The Morgan fingerprint density at radius 2 is 1.48 bits per heavy atom. The molecule has 31 heavy (non-hydrogen) atoms. The predicted molar refractivity (Wildman–Crippen MR) is 110 cm³/mol. The highest BCUT2D eigenvalue weighted by Gasteiger charge is 2.34. The highest BCUT2D eigenvalue weighted by molar-refractivity contribution is 6.07. The minimum Gasteiger partial charge on any atom is -0.322 e. The minimum atomic E-state index is -4.80. The number of rotatable bonds is 4. The number of amides is 2. The summed E-state index contributed by atoms with van der Waals surface area (Å²) in [5, 5.41) is 4.54. The summed E-state index contributed by atoms with van der Waals surface area (Å²) in [7, 11) is 0. The van der Waals surface area contributed by atoms with E-state index in [1.54, 1.807) is 32.0 Å². The van der Waals surface area contributed by atoms with Crippen LogP contribution in [0, 0.1) is 19.7 Å². The van der Waals surface area contributed by atoms with Crippen LogP contribution in [0.3, 0.4) is 0 Å². The molecule has 8 heteroatoms. The molecule has 3 rings (SSSR count). The van der Waals surface area contributed by atoms with Gasteiger partial charge in [0.2, 0.25) is 0 Å². The molecule has 0 unspecified atom stereocenters. The summed E-state index contributed by atoms with van der Waals surface area (Å²) in [4.78, 5) is 24.8. The lowest BCUT2D eigenvalue weighted by atomic mass is 10.0. The zero-order chi connectivity index (χ0) is 22.8. The quantitative estimate of drug-likeness (QED) is 0.502. The van der Waals surface area contributed by atoms with Gasteiger partial charge in [0.25, 0.3) is 11.8 Å². The van der Waals surface area contributed by atoms with Crippen LogP contribution in [-0.4, -0.2) is 11.8 Å². The zero-order valence-corrected chi connectivity index (χ0v) is 16.6. The molecule has 0 saturated heterocycles. The maximum Gasteiger partial charge on any atom is 0.418 e. The molecule has 3 aromatic carbocycles. The van der Waals surface area contributed by atoms with Gasteiger partial charge in [0.1, 0.15) is 5.82 Å². The Hall–Kier alpha value is -3.68. The second-order valence-electron chi connectivity index (χ2n) is 6.96. The van der Waals surface area contributed by atoms with E-state index in [1.807, 2.05) is 0 Å². The smallest absolute Gasteiger partial charge is 0.322 e. The number of carbonyl (C=O) groups excluding carboxylic acids is 2. The summed E-state index contributed by atoms with van der Waals surface area (Å²) in [6.07, 6.45) is -4.80. The van der Waals surface area contributed by atoms with Crippen LogP contribution in [0.1, 0.15) is 37.4 Å². The third-order valence-corrected chi connectivity index (χ3v) is 4.59. The van der Waals surface area contributed by atoms with Crippen LogP contribution >= 0.6 is 0 Å². The van der Waals surface area contributed by atoms with Crippen molar-refractivity contribution >= 4 is 23.2 Å². The van der Waals surface area contributed by atoms with Crippen molar-refractivity contribution in [1.82, 2.24) is 0 Å². The fraction of sp³-hybridized carbons (Fsp3) is 0.130. The van der Waals surface area contributed by atoms with Gasteiger partial charge in [-0.2, -0.15) is 13.2 Å². The summed E-state index contributed by atoms with van der Waals surface area (Å²) in [5.74, 6) is -2.37. The molecule has 160 valence electrons. The standard InChI is InChI=1S/C23H18F4N2O2/c1-13-7-8-14(2)17(11-13)22(31)29-20-10-9-15(12-18(20)23(25,26)27)28-21(30)16-5-3-4-6-19(16)24/h3-12H,1-2H3,(H,28,30)(H,29,31). The number of halogens is 4. The maximum atomic E-state index is 13.8. The van der Waals surface area contributed by atoms with Crippen molar-refractivity contribution in [1.29, 1.82) is 0 Å². The molecule has 0 saturated carbocycles. The first-order valence-electron chi connectivity index (χ1n) is 9.22. The Morgan fingerprint density at radius 3 is 2.16 bits per heavy atom. The lowest BCUT2D eigenvalue weighted by Crippen LogP contribution is -2.19. The molecule has 0 aromatic heterocycles. The molecule has 0 spiro atoms. The highest BCUT2D eigenvalue weighted by atomic mass is 19.4. The topological polar surface area (TPSA) is 58.2 Å². The van der Waals surface area contributed by atoms with Crippen molar-refractivity contribution in [2.45, 2.75) is 20.0 Å². The molecule has 0 aliphatic carbocycles. The molecule has 0 atom stereocenters. The van der Waals surface area contributed by atoms with Crippen LogP contribution in [0.25, 0.3) is 0 Å². The number of nitrogens with one attached hydrogen (secondary N) is 2. The molecule has 0 aliphatic rings. The zero-order valence-electron chi connectivity index (χ0n) is 16.6. The number of alkyl halides is 3. The molecule has 0 bridgehead atoms. The van der Waals surface area contributed by atoms with E-state index >= 15 is 0 Å². The van der Waals surface area contributed by atoms with E-state index in [1.165, 1.54) is 24.3 Å². The van der Waals surface area contributed by atoms with Gasteiger partial charge in [-0.25, -0.2) is 4.39 Å². The number of aryl methyl sites for hydroxylation is 2. The van der Waals surface area contributed by atoms with Crippen LogP contribution in [-0.2, 0) is 6.18 Å². The van der Waals surface area contributed by atoms with Crippen LogP contribution in [0.15, 0.2) is 60.7 Å².